The second-order valence-corrected chi connectivity index (χ2v) is 5.57. The monoisotopic (exact) mass is 349 g/mol. The number of halogens is 1. The number of hydrogen-bond acceptors (Lipinski definition) is 6. The Morgan fingerprint density at radius 3 is 2.83 bits per heavy atom. The van der Waals surface area contributed by atoms with Crippen molar-refractivity contribution >= 4 is 35.0 Å². The number of aliphatic hydroxyl groups is 1. The molecule has 7 nitrogen and oxygen atoms in total. The molecule has 0 aliphatic rings. The van der Waals surface area contributed by atoms with Gasteiger partial charge in [-0.25, -0.2) is 4.98 Å². The van der Waals surface area contributed by atoms with E-state index in [9.17, 15) is 4.79 Å². The lowest BCUT2D eigenvalue weighted by atomic mass is 10.3. The van der Waals surface area contributed by atoms with Gasteiger partial charge in [0.05, 0.1) is 6.54 Å². The fourth-order valence-corrected chi connectivity index (χ4v) is 2.15. The van der Waals surface area contributed by atoms with Crippen molar-refractivity contribution in [1.82, 2.24) is 9.97 Å². The first-order chi connectivity index (χ1) is 11.6. The fraction of sp³-hybridized carbons (Fsp3) is 0.312. The molecule has 0 radical (unpaired) electrons. The summed E-state index contributed by atoms with van der Waals surface area (Å²) in [5.41, 5.74) is 1.40. The third kappa shape index (κ3) is 6.02. The Balaban J connectivity index is 1.89. The van der Waals surface area contributed by atoms with Crippen LogP contribution < -0.4 is 16.0 Å². The molecule has 1 aromatic carbocycles. The molecule has 24 heavy (non-hydrogen) atoms. The Bertz CT molecular complexity index is 696. The van der Waals surface area contributed by atoms with Crippen LogP contribution in [0.2, 0.25) is 5.02 Å². The first-order valence-corrected chi connectivity index (χ1v) is 7.94. The Morgan fingerprint density at radius 1 is 1.25 bits per heavy atom. The summed E-state index contributed by atoms with van der Waals surface area (Å²) in [6.07, 6.45) is 0.633. The van der Waals surface area contributed by atoms with E-state index in [1.165, 1.54) is 0 Å². The number of aryl methyl sites for hydroxylation is 1. The summed E-state index contributed by atoms with van der Waals surface area (Å²) < 4.78 is 0. The lowest BCUT2D eigenvalue weighted by molar-refractivity contribution is -0.114. The summed E-state index contributed by atoms with van der Waals surface area (Å²) >= 11 is 5.88. The number of benzene rings is 1. The van der Waals surface area contributed by atoms with Crippen molar-refractivity contribution in [2.45, 2.75) is 13.3 Å². The van der Waals surface area contributed by atoms with Crippen molar-refractivity contribution in [2.75, 3.05) is 35.6 Å². The van der Waals surface area contributed by atoms with Crippen LogP contribution in [0.4, 0.5) is 17.5 Å². The van der Waals surface area contributed by atoms with E-state index in [2.05, 4.69) is 25.9 Å². The van der Waals surface area contributed by atoms with Crippen LogP contribution >= 0.6 is 11.6 Å². The first-order valence-electron chi connectivity index (χ1n) is 7.56. The van der Waals surface area contributed by atoms with E-state index in [0.29, 0.717) is 35.4 Å². The second-order valence-electron chi connectivity index (χ2n) is 5.13. The largest absolute Gasteiger partial charge is 0.396 e. The zero-order valence-corrected chi connectivity index (χ0v) is 14.1. The molecule has 0 fully saturated rings. The number of carbonyl (C=O) groups excluding carboxylic acids is 1. The van der Waals surface area contributed by atoms with Crippen LogP contribution in [0, 0.1) is 6.92 Å². The van der Waals surface area contributed by atoms with Gasteiger partial charge >= 0.3 is 0 Å². The molecule has 0 atom stereocenters. The van der Waals surface area contributed by atoms with E-state index < -0.39 is 0 Å². The standard InChI is InChI=1S/C16H20ClN5O2/c1-11-8-14(18-6-3-7-23)22-16(20-11)19-10-15(24)21-13-5-2-4-12(17)9-13/h2,4-5,8-9,23H,3,6-7,10H2,1H3,(H,21,24)(H2,18,19,20,22). The second kappa shape index (κ2) is 9.05. The molecule has 0 unspecified atom stereocenters. The van der Waals surface area contributed by atoms with Crippen molar-refractivity contribution in [3.63, 3.8) is 0 Å². The van der Waals surface area contributed by atoms with Crippen LogP contribution in [0.25, 0.3) is 0 Å². The molecule has 1 amide bonds. The molecule has 0 saturated heterocycles. The van der Waals surface area contributed by atoms with Crippen molar-refractivity contribution in [1.29, 1.82) is 0 Å². The van der Waals surface area contributed by atoms with E-state index in [1.807, 2.05) is 6.92 Å². The predicted octanol–water partition coefficient (Wildman–Crippen LogP) is 2.28. The molecule has 128 valence electrons. The number of carbonyl (C=O) groups is 1. The van der Waals surface area contributed by atoms with Crippen LogP contribution in [0.15, 0.2) is 30.3 Å². The summed E-state index contributed by atoms with van der Waals surface area (Å²) in [5, 5.41) is 18.1. The van der Waals surface area contributed by atoms with Gasteiger partial charge in [0.25, 0.3) is 0 Å². The highest BCUT2D eigenvalue weighted by Gasteiger charge is 2.06. The molecule has 8 heteroatoms. The van der Waals surface area contributed by atoms with Crippen molar-refractivity contribution in [2.24, 2.45) is 0 Å². The first kappa shape index (κ1) is 18.0. The fourth-order valence-electron chi connectivity index (χ4n) is 1.96. The van der Waals surface area contributed by atoms with E-state index in [0.717, 1.165) is 5.69 Å². The number of nitrogens with one attached hydrogen (secondary N) is 3. The molecule has 0 saturated carbocycles. The maximum absolute atomic E-state index is 12.0. The van der Waals surface area contributed by atoms with E-state index >= 15 is 0 Å². The van der Waals surface area contributed by atoms with Crippen LogP contribution in [0.3, 0.4) is 0 Å². The Kier molecular flexibility index (Phi) is 6.77. The number of anilines is 3. The third-order valence-corrected chi connectivity index (χ3v) is 3.25. The number of hydrogen-bond donors (Lipinski definition) is 4. The number of aliphatic hydroxyl groups excluding tert-OH is 1. The van der Waals surface area contributed by atoms with Crippen molar-refractivity contribution < 1.29 is 9.90 Å². The highest BCUT2D eigenvalue weighted by molar-refractivity contribution is 6.30. The summed E-state index contributed by atoms with van der Waals surface area (Å²) in [4.78, 5) is 20.5. The number of amides is 1. The zero-order valence-electron chi connectivity index (χ0n) is 13.3. The average Bonchev–Trinajstić information content (AvgIpc) is 2.53. The molecule has 1 aromatic heterocycles. The highest BCUT2D eigenvalue weighted by Crippen LogP contribution is 2.15. The molecular weight excluding hydrogens is 330 g/mol. The van der Waals surface area contributed by atoms with Gasteiger partial charge in [0.2, 0.25) is 11.9 Å². The Morgan fingerprint density at radius 2 is 2.08 bits per heavy atom. The number of aromatic nitrogens is 2. The number of rotatable bonds is 8. The number of nitrogens with zero attached hydrogens (tertiary/aromatic N) is 2. The molecule has 0 aliphatic carbocycles. The maximum Gasteiger partial charge on any atom is 0.243 e. The van der Waals surface area contributed by atoms with E-state index in [4.69, 9.17) is 16.7 Å². The van der Waals surface area contributed by atoms with Gasteiger partial charge in [-0.3, -0.25) is 4.79 Å². The summed E-state index contributed by atoms with van der Waals surface area (Å²) in [5.74, 6) is 0.786. The molecule has 4 N–H and O–H groups in total. The Hall–Kier alpha value is -2.38. The van der Waals surface area contributed by atoms with E-state index in [-0.39, 0.29) is 19.1 Å². The van der Waals surface area contributed by atoms with Gasteiger partial charge in [-0.1, -0.05) is 17.7 Å². The van der Waals surface area contributed by atoms with Crippen LogP contribution in [0.5, 0.6) is 0 Å². The summed E-state index contributed by atoms with van der Waals surface area (Å²) in [7, 11) is 0. The minimum atomic E-state index is -0.225. The predicted molar refractivity (Wildman–Crippen MR) is 95.5 cm³/mol. The SMILES string of the molecule is Cc1cc(NCCCO)nc(NCC(=O)Nc2cccc(Cl)c2)n1. The third-order valence-electron chi connectivity index (χ3n) is 3.01. The molecule has 0 aliphatic heterocycles. The van der Waals surface area contributed by atoms with Gasteiger partial charge in [0.1, 0.15) is 5.82 Å². The summed E-state index contributed by atoms with van der Waals surface area (Å²) in [6, 6.07) is 8.73. The van der Waals surface area contributed by atoms with Crippen molar-refractivity contribution in [3.8, 4) is 0 Å². The van der Waals surface area contributed by atoms with E-state index in [1.54, 1.807) is 30.3 Å². The van der Waals surface area contributed by atoms with Crippen LogP contribution in [0.1, 0.15) is 12.1 Å². The van der Waals surface area contributed by atoms with Gasteiger partial charge < -0.3 is 21.1 Å². The Labute approximate surface area is 145 Å². The van der Waals surface area contributed by atoms with Gasteiger partial charge in [-0.2, -0.15) is 4.98 Å². The quantitative estimate of drug-likeness (QED) is 0.546. The summed E-state index contributed by atoms with van der Waals surface area (Å²) in [6.45, 7) is 2.61. The highest BCUT2D eigenvalue weighted by atomic mass is 35.5. The topological polar surface area (TPSA) is 99.2 Å². The average molecular weight is 350 g/mol. The molecule has 2 rings (SSSR count). The van der Waals surface area contributed by atoms with Gasteiger partial charge in [0, 0.05) is 35.6 Å². The van der Waals surface area contributed by atoms with Crippen LogP contribution in [-0.4, -0.2) is 40.7 Å². The zero-order chi connectivity index (χ0) is 17.4. The van der Waals surface area contributed by atoms with Gasteiger partial charge in [-0.15, -0.1) is 0 Å². The lowest BCUT2D eigenvalue weighted by Gasteiger charge is -2.10. The molecule has 0 bridgehead atoms. The van der Waals surface area contributed by atoms with Crippen molar-refractivity contribution in [3.05, 3.63) is 41.0 Å². The maximum atomic E-state index is 12.0. The van der Waals surface area contributed by atoms with Gasteiger partial charge in [-0.05, 0) is 31.5 Å². The molecule has 0 spiro atoms. The lowest BCUT2D eigenvalue weighted by Crippen LogP contribution is -2.23. The van der Waals surface area contributed by atoms with Gasteiger partial charge in [0.15, 0.2) is 0 Å². The minimum Gasteiger partial charge on any atom is -0.396 e. The minimum absolute atomic E-state index is 0.0338. The smallest absolute Gasteiger partial charge is 0.243 e. The molecule has 2 aromatic rings. The van der Waals surface area contributed by atoms with Crippen LogP contribution in [-0.2, 0) is 4.79 Å². The molecule has 1 heterocycles. The molecular formula is C16H20ClN5O2. The normalized spacial score (nSPS) is 10.3.